The molecule has 3 N–H and O–H groups in total. The van der Waals surface area contributed by atoms with Crippen LogP contribution in [0.4, 0.5) is 10.5 Å². The van der Waals surface area contributed by atoms with E-state index in [2.05, 4.69) is 5.32 Å². The van der Waals surface area contributed by atoms with E-state index in [1.165, 1.54) is 11.4 Å². The van der Waals surface area contributed by atoms with E-state index in [9.17, 15) is 13.2 Å². The number of carbonyl (C=O) groups excluding carboxylic acids is 1. The van der Waals surface area contributed by atoms with Crippen LogP contribution in [0.25, 0.3) is 0 Å². The summed E-state index contributed by atoms with van der Waals surface area (Å²) < 4.78 is 27.0. The second kappa shape index (κ2) is 4.63. The Morgan fingerprint density at radius 3 is 2.47 bits per heavy atom. The van der Waals surface area contributed by atoms with Crippen LogP contribution in [-0.4, -0.2) is 20.1 Å². The summed E-state index contributed by atoms with van der Waals surface area (Å²) in [6.07, 6.45) is -0.642. The number of nitrogens with one attached hydrogen (secondary N) is 1. The quantitative estimate of drug-likeness (QED) is 0.860. The van der Waals surface area contributed by atoms with Gasteiger partial charge in [-0.25, -0.2) is 18.4 Å². The van der Waals surface area contributed by atoms with Gasteiger partial charge >= 0.3 is 6.09 Å². The lowest BCUT2D eigenvalue weighted by atomic mass is 10.2. The fraction of sp³-hybridized carbons (Fsp3) is 0.444. The van der Waals surface area contributed by atoms with Crippen LogP contribution >= 0.6 is 11.3 Å². The molecule has 0 aliphatic heterocycles. The molecule has 17 heavy (non-hydrogen) atoms. The zero-order valence-corrected chi connectivity index (χ0v) is 11.3. The number of thiophene rings is 1. The summed E-state index contributed by atoms with van der Waals surface area (Å²) >= 11 is 0.933. The highest BCUT2D eigenvalue weighted by Crippen LogP contribution is 2.23. The van der Waals surface area contributed by atoms with E-state index in [1.54, 1.807) is 20.8 Å². The van der Waals surface area contributed by atoms with Gasteiger partial charge in [-0.05, 0) is 26.8 Å². The molecule has 1 aromatic heterocycles. The summed E-state index contributed by atoms with van der Waals surface area (Å²) in [5, 5.41) is 8.84. The summed E-state index contributed by atoms with van der Waals surface area (Å²) in [6, 6.07) is 1.28. The largest absolute Gasteiger partial charge is 0.444 e. The Hall–Kier alpha value is -1.12. The number of nitrogens with two attached hydrogens (primary N) is 1. The minimum Gasteiger partial charge on any atom is -0.444 e. The van der Waals surface area contributed by atoms with Gasteiger partial charge in [0.25, 0.3) is 0 Å². The Morgan fingerprint density at radius 1 is 1.47 bits per heavy atom. The van der Waals surface area contributed by atoms with Crippen molar-refractivity contribution in [3.05, 3.63) is 11.4 Å². The number of hydrogen-bond acceptors (Lipinski definition) is 5. The van der Waals surface area contributed by atoms with E-state index >= 15 is 0 Å². The topological polar surface area (TPSA) is 98.5 Å². The van der Waals surface area contributed by atoms with Crippen LogP contribution in [0, 0.1) is 0 Å². The maximum Gasteiger partial charge on any atom is 0.412 e. The minimum absolute atomic E-state index is 0.0106. The minimum atomic E-state index is -3.73. The number of hydrogen-bond donors (Lipinski definition) is 2. The molecule has 1 amide bonds. The molecule has 1 heterocycles. The Bertz CT molecular complexity index is 513. The smallest absolute Gasteiger partial charge is 0.412 e. The Balaban J connectivity index is 2.71. The molecule has 0 radical (unpaired) electrons. The van der Waals surface area contributed by atoms with Crippen molar-refractivity contribution in [3.8, 4) is 0 Å². The van der Waals surface area contributed by atoms with E-state index < -0.39 is 21.7 Å². The molecular formula is C9H14N2O4S2. The first-order valence-electron chi connectivity index (χ1n) is 4.69. The fourth-order valence-electron chi connectivity index (χ4n) is 0.953. The Labute approximate surface area is 104 Å². The van der Waals surface area contributed by atoms with Crippen molar-refractivity contribution >= 4 is 33.1 Å². The van der Waals surface area contributed by atoms with Crippen LogP contribution in [-0.2, 0) is 14.8 Å². The molecule has 1 rings (SSSR count). The zero-order chi connectivity index (χ0) is 13.3. The van der Waals surface area contributed by atoms with Gasteiger partial charge < -0.3 is 4.74 Å². The van der Waals surface area contributed by atoms with E-state index in [-0.39, 0.29) is 4.21 Å². The zero-order valence-electron chi connectivity index (χ0n) is 9.68. The van der Waals surface area contributed by atoms with Crippen molar-refractivity contribution in [2.75, 3.05) is 5.32 Å². The van der Waals surface area contributed by atoms with Crippen LogP contribution in [0.1, 0.15) is 20.8 Å². The molecule has 0 saturated heterocycles. The lowest BCUT2D eigenvalue weighted by Crippen LogP contribution is -2.27. The summed E-state index contributed by atoms with van der Waals surface area (Å²) in [5.41, 5.74) is -0.267. The van der Waals surface area contributed by atoms with Gasteiger partial charge in [0.15, 0.2) is 0 Å². The number of rotatable bonds is 2. The van der Waals surface area contributed by atoms with Crippen molar-refractivity contribution in [2.24, 2.45) is 5.14 Å². The molecule has 8 heteroatoms. The average molecular weight is 278 g/mol. The SMILES string of the molecule is CC(C)(C)OC(=O)Nc1csc(S(N)(=O)=O)c1. The number of primary sulfonamides is 1. The third kappa shape index (κ3) is 4.72. The average Bonchev–Trinajstić information content (AvgIpc) is 2.47. The molecule has 6 nitrogen and oxygen atoms in total. The van der Waals surface area contributed by atoms with Crippen LogP contribution in [0.5, 0.6) is 0 Å². The van der Waals surface area contributed by atoms with E-state index in [0.29, 0.717) is 5.69 Å². The van der Waals surface area contributed by atoms with Gasteiger partial charge in [-0.3, -0.25) is 5.32 Å². The summed E-state index contributed by atoms with van der Waals surface area (Å²) in [4.78, 5) is 11.4. The van der Waals surface area contributed by atoms with Gasteiger partial charge in [0.1, 0.15) is 9.81 Å². The van der Waals surface area contributed by atoms with E-state index in [0.717, 1.165) is 11.3 Å². The first-order valence-corrected chi connectivity index (χ1v) is 7.12. The third-order valence-corrected chi connectivity index (χ3v) is 3.89. The standard InChI is InChI=1S/C9H14N2O4S2/c1-9(2,3)15-8(12)11-6-4-7(16-5-6)17(10,13)14/h4-5H,1-3H3,(H,11,12)(H2,10,13,14). The van der Waals surface area contributed by atoms with Crippen molar-refractivity contribution in [1.29, 1.82) is 0 Å². The van der Waals surface area contributed by atoms with Crippen molar-refractivity contribution in [3.63, 3.8) is 0 Å². The molecule has 0 fully saturated rings. The molecule has 1 aromatic rings. The predicted molar refractivity (Wildman–Crippen MR) is 65.5 cm³/mol. The summed E-state index contributed by atoms with van der Waals surface area (Å²) in [7, 11) is -3.73. The third-order valence-electron chi connectivity index (χ3n) is 1.50. The lowest BCUT2D eigenvalue weighted by molar-refractivity contribution is 0.0636. The Kier molecular flexibility index (Phi) is 3.80. The normalized spacial score (nSPS) is 12.2. The van der Waals surface area contributed by atoms with Gasteiger partial charge in [0, 0.05) is 5.38 Å². The maximum atomic E-state index is 11.4. The molecule has 0 spiro atoms. The van der Waals surface area contributed by atoms with E-state index in [1.807, 2.05) is 0 Å². The highest BCUT2D eigenvalue weighted by atomic mass is 32.2. The molecule has 0 unspecified atom stereocenters. The van der Waals surface area contributed by atoms with Crippen molar-refractivity contribution < 1.29 is 17.9 Å². The molecule has 0 atom stereocenters. The lowest BCUT2D eigenvalue weighted by Gasteiger charge is -2.19. The monoisotopic (exact) mass is 278 g/mol. The summed E-state index contributed by atoms with van der Waals surface area (Å²) in [5.74, 6) is 0. The first-order chi connectivity index (χ1) is 7.58. The van der Waals surface area contributed by atoms with Gasteiger partial charge in [-0.2, -0.15) is 0 Å². The highest BCUT2D eigenvalue weighted by molar-refractivity contribution is 7.91. The molecule has 0 aromatic carbocycles. The number of ether oxygens (including phenoxy) is 1. The van der Waals surface area contributed by atoms with Crippen LogP contribution in [0.15, 0.2) is 15.7 Å². The van der Waals surface area contributed by atoms with Crippen LogP contribution < -0.4 is 10.5 Å². The number of carbonyl (C=O) groups is 1. The van der Waals surface area contributed by atoms with Gasteiger partial charge in [0.2, 0.25) is 10.0 Å². The molecule has 0 aliphatic rings. The number of anilines is 1. The maximum absolute atomic E-state index is 11.4. The van der Waals surface area contributed by atoms with Crippen molar-refractivity contribution in [2.45, 2.75) is 30.6 Å². The molecular weight excluding hydrogens is 264 g/mol. The van der Waals surface area contributed by atoms with Crippen molar-refractivity contribution in [1.82, 2.24) is 0 Å². The van der Waals surface area contributed by atoms with E-state index in [4.69, 9.17) is 9.88 Å². The van der Waals surface area contributed by atoms with Crippen LogP contribution in [0.3, 0.4) is 0 Å². The number of amides is 1. The predicted octanol–water partition coefficient (Wildman–Crippen LogP) is 1.74. The molecule has 0 aliphatic carbocycles. The van der Waals surface area contributed by atoms with Gasteiger partial charge in [-0.15, -0.1) is 11.3 Å². The second-order valence-electron chi connectivity index (χ2n) is 4.33. The van der Waals surface area contributed by atoms with Crippen LogP contribution in [0.2, 0.25) is 0 Å². The summed E-state index contributed by atoms with van der Waals surface area (Å²) in [6.45, 7) is 5.20. The highest BCUT2D eigenvalue weighted by Gasteiger charge is 2.17. The Morgan fingerprint density at radius 2 is 2.06 bits per heavy atom. The van der Waals surface area contributed by atoms with Gasteiger partial charge in [0.05, 0.1) is 5.69 Å². The molecule has 0 saturated carbocycles. The fourth-order valence-corrected chi connectivity index (χ4v) is 2.49. The molecule has 96 valence electrons. The second-order valence-corrected chi connectivity index (χ2v) is 7.03. The van der Waals surface area contributed by atoms with Gasteiger partial charge in [-0.1, -0.05) is 0 Å². The first kappa shape index (κ1) is 13.9. The molecule has 0 bridgehead atoms. The number of sulfonamides is 1.